The van der Waals surface area contributed by atoms with Crippen molar-refractivity contribution >= 4 is 5.84 Å². The van der Waals surface area contributed by atoms with E-state index < -0.39 is 0 Å². The van der Waals surface area contributed by atoms with Crippen LogP contribution < -0.4 is 5.32 Å². The van der Waals surface area contributed by atoms with Crippen LogP contribution in [-0.2, 0) is 4.74 Å². The quantitative estimate of drug-likeness (QED) is 0.774. The topological polar surface area (TPSA) is 36.9 Å². The third kappa shape index (κ3) is 3.76. The number of nitrogens with zero attached hydrogens (tertiary/aromatic N) is 2. The Bertz CT molecular complexity index is 236. The molecule has 92 valence electrons. The van der Waals surface area contributed by atoms with E-state index in [4.69, 9.17) is 4.74 Å². The lowest BCUT2D eigenvalue weighted by Crippen LogP contribution is -2.46. The van der Waals surface area contributed by atoms with Gasteiger partial charge in [0.15, 0.2) is 0 Å². The summed E-state index contributed by atoms with van der Waals surface area (Å²) in [5.41, 5.74) is 0. The number of amidine groups is 1. The molecule has 4 heteroatoms. The van der Waals surface area contributed by atoms with E-state index in [1.165, 1.54) is 18.7 Å². The number of nitrogens with one attached hydrogen (secondary N) is 1. The molecule has 0 aliphatic carbocycles. The monoisotopic (exact) mass is 225 g/mol. The zero-order valence-corrected chi connectivity index (χ0v) is 10.2. The number of hydrogen-bond donors (Lipinski definition) is 1. The minimum atomic E-state index is 0.495. The van der Waals surface area contributed by atoms with Crippen LogP contribution in [0.1, 0.15) is 26.2 Å². The molecule has 0 aromatic heterocycles. The van der Waals surface area contributed by atoms with Gasteiger partial charge in [-0.3, -0.25) is 9.89 Å². The molecule has 0 aromatic rings. The van der Waals surface area contributed by atoms with E-state index in [-0.39, 0.29) is 0 Å². The minimum absolute atomic E-state index is 0.495. The molecule has 2 rings (SSSR count). The molecule has 2 aliphatic rings. The van der Waals surface area contributed by atoms with E-state index in [0.717, 1.165) is 45.8 Å². The highest BCUT2D eigenvalue weighted by molar-refractivity contribution is 5.82. The van der Waals surface area contributed by atoms with E-state index in [2.05, 4.69) is 22.1 Å². The molecule has 1 atom stereocenters. The molecular weight excluding hydrogens is 202 g/mol. The predicted octanol–water partition coefficient (Wildman–Crippen LogP) is 0.879. The second-order valence-corrected chi connectivity index (χ2v) is 4.74. The van der Waals surface area contributed by atoms with Gasteiger partial charge in [0.25, 0.3) is 0 Å². The molecule has 2 heterocycles. The summed E-state index contributed by atoms with van der Waals surface area (Å²) >= 11 is 0. The first-order valence-corrected chi connectivity index (χ1v) is 6.44. The maximum atomic E-state index is 5.35. The van der Waals surface area contributed by atoms with Gasteiger partial charge in [0.1, 0.15) is 0 Å². The third-order valence-corrected chi connectivity index (χ3v) is 3.17. The van der Waals surface area contributed by atoms with Gasteiger partial charge in [0.2, 0.25) is 0 Å². The van der Waals surface area contributed by atoms with Crippen molar-refractivity contribution in [3.63, 3.8) is 0 Å². The standard InChI is InChI=1S/C12H23N3O/c1-11(10-15-6-8-16-9-7-15)14-12-4-2-3-5-13-12/h11H,2-10H2,1H3,(H,13,14). The maximum absolute atomic E-state index is 5.35. The Morgan fingerprint density at radius 2 is 2.19 bits per heavy atom. The van der Waals surface area contributed by atoms with Crippen LogP contribution in [0.2, 0.25) is 0 Å². The van der Waals surface area contributed by atoms with Crippen molar-refractivity contribution < 1.29 is 4.74 Å². The molecule has 2 aliphatic heterocycles. The minimum Gasteiger partial charge on any atom is -0.379 e. The summed E-state index contributed by atoms with van der Waals surface area (Å²) in [4.78, 5) is 6.99. The lowest BCUT2D eigenvalue weighted by atomic mass is 10.1. The summed E-state index contributed by atoms with van der Waals surface area (Å²) in [6.45, 7) is 8.25. The lowest BCUT2D eigenvalue weighted by molar-refractivity contribution is 0.0352. The molecule has 0 amide bonds. The molecule has 0 aromatic carbocycles. The van der Waals surface area contributed by atoms with Gasteiger partial charge in [-0.2, -0.15) is 0 Å². The summed E-state index contributed by atoms with van der Waals surface area (Å²) in [6.07, 6.45) is 3.67. The van der Waals surface area contributed by atoms with Crippen molar-refractivity contribution in [2.75, 3.05) is 39.4 Å². The summed E-state index contributed by atoms with van der Waals surface area (Å²) in [7, 11) is 0. The van der Waals surface area contributed by atoms with Crippen LogP contribution in [0.3, 0.4) is 0 Å². The second kappa shape index (κ2) is 6.21. The average Bonchev–Trinajstić information content (AvgIpc) is 2.31. The van der Waals surface area contributed by atoms with E-state index >= 15 is 0 Å². The molecule has 0 bridgehead atoms. The van der Waals surface area contributed by atoms with E-state index in [1.807, 2.05) is 0 Å². The van der Waals surface area contributed by atoms with Crippen molar-refractivity contribution in [3.05, 3.63) is 0 Å². The van der Waals surface area contributed by atoms with Crippen LogP contribution in [0.25, 0.3) is 0 Å². The zero-order valence-electron chi connectivity index (χ0n) is 10.2. The van der Waals surface area contributed by atoms with Gasteiger partial charge < -0.3 is 10.1 Å². The Hall–Kier alpha value is -0.610. The van der Waals surface area contributed by atoms with Crippen LogP contribution in [-0.4, -0.2) is 56.2 Å². The normalized spacial score (nSPS) is 24.9. The first-order chi connectivity index (χ1) is 7.84. The van der Waals surface area contributed by atoms with Crippen LogP contribution in [0.4, 0.5) is 0 Å². The van der Waals surface area contributed by atoms with Crippen LogP contribution in [0, 0.1) is 0 Å². The zero-order chi connectivity index (χ0) is 11.2. The Morgan fingerprint density at radius 3 is 2.88 bits per heavy atom. The van der Waals surface area contributed by atoms with Gasteiger partial charge in [0, 0.05) is 38.6 Å². The van der Waals surface area contributed by atoms with Gasteiger partial charge in [0.05, 0.1) is 19.0 Å². The summed E-state index contributed by atoms with van der Waals surface area (Å²) < 4.78 is 5.35. The van der Waals surface area contributed by atoms with Crippen LogP contribution in [0.15, 0.2) is 4.99 Å². The molecule has 0 saturated carbocycles. The molecule has 1 saturated heterocycles. The van der Waals surface area contributed by atoms with Crippen molar-refractivity contribution in [2.24, 2.45) is 4.99 Å². The highest BCUT2D eigenvalue weighted by Crippen LogP contribution is 2.05. The number of morpholine rings is 1. The highest BCUT2D eigenvalue weighted by atomic mass is 16.5. The number of hydrogen-bond acceptors (Lipinski definition) is 4. The fraction of sp³-hybridized carbons (Fsp3) is 0.917. The fourth-order valence-electron chi connectivity index (χ4n) is 2.32. The fourth-order valence-corrected chi connectivity index (χ4v) is 2.32. The molecular formula is C12H23N3O. The number of aliphatic imine (C=N–C) groups is 1. The maximum Gasteiger partial charge on any atom is 0.0965 e. The van der Waals surface area contributed by atoms with Gasteiger partial charge in [-0.1, -0.05) is 0 Å². The van der Waals surface area contributed by atoms with Crippen molar-refractivity contribution in [1.82, 2.24) is 10.2 Å². The summed E-state index contributed by atoms with van der Waals surface area (Å²) in [5.74, 6) is 1.21. The molecule has 1 N–H and O–H groups in total. The molecule has 16 heavy (non-hydrogen) atoms. The van der Waals surface area contributed by atoms with E-state index in [1.54, 1.807) is 0 Å². The number of ether oxygens (including phenoxy) is 1. The SMILES string of the molecule is CC(CN1CCOCC1)NC1=NCCCC1. The van der Waals surface area contributed by atoms with Crippen molar-refractivity contribution in [3.8, 4) is 0 Å². The molecule has 1 fully saturated rings. The third-order valence-electron chi connectivity index (χ3n) is 3.17. The Morgan fingerprint density at radius 1 is 1.38 bits per heavy atom. The largest absolute Gasteiger partial charge is 0.379 e. The summed E-state index contributed by atoms with van der Waals surface area (Å²) in [6, 6.07) is 0.495. The number of rotatable bonds is 3. The van der Waals surface area contributed by atoms with Gasteiger partial charge in [-0.25, -0.2) is 0 Å². The second-order valence-electron chi connectivity index (χ2n) is 4.74. The van der Waals surface area contributed by atoms with Gasteiger partial charge in [-0.05, 0) is 19.8 Å². The van der Waals surface area contributed by atoms with Gasteiger partial charge >= 0.3 is 0 Å². The molecule has 0 radical (unpaired) electrons. The van der Waals surface area contributed by atoms with Crippen molar-refractivity contribution in [1.29, 1.82) is 0 Å². The van der Waals surface area contributed by atoms with Crippen molar-refractivity contribution in [2.45, 2.75) is 32.2 Å². The Labute approximate surface area is 98.1 Å². The highest BCUT2D eigenvalue weighted by Gasteiger charge is 2.15. The Balaban J connectivity index is 1.70. The first kappa shape index (κ1) is 11.9. The van der Waals surface area contributed by atoms with Crippen LogP contribution >= 0.6 is 0 Å². The predicted molar refractivity (Wildman–Crippen MR) is 66.0 cm³/mol. The molecule has 0 spiro atoms. The lowest BCUT2D eigenvalue weighted by Gasteiger charge is -2.30. The van der Waals surface area contributed by atoms with Crippen LogP contribution in [0.5, 0.6) is 0 Å². The summed E-state index contributed by atoms with van der Waals surface area (Å²) in [5, 5.41) is 3.53. The first-order valence-electron chi connectivity index (χ1n) is 6.44. The molecule has 4 nitrogen and oxygen atoms in total. The van der Waals surface area contributed by atoms with E-state index in [9.17, 15) is 0 Å². The average molecular weight is 225 g/mol. The Kier molecular flexibility index (Phi) is 4.60. The van der Waals surface area contributed by atoms with E-state index in [0.29, 0.717) is 6.04 Å². The molecule has 1 unspecified atom stereocenters. The smallest absolute Gasteiger partial charge is 0.0965 e. The van der Waals surface area contributed by atoms with Gasteiger partial charge in [-0.15, -0.1) is 0 Å².